The second-order valence-corrected chi connectivity index (χ2v) is 5.94. The number of carbonyl (C=O) groups excluding carboxylic acids is 1. The monoisotopic (exact) mass is 345 g/mol. The van der Waals surface area contributed by atoms with Crippen LogP contribution in [0.25, 0.3) is 11.4 Å². The molecule has 0 spiro atoms. The lowest BCUT2D eigenvalue weighted by Crippen LogP contribution is -2.05. The summed E-state index contributed by atoms with van der Waals surface area (Å²) >= 11 is 12.3. The number of benzene rings is 1. The van der Waals surface area contributed by atoms with E-state index in [4.69, 9.17) is 23.2 Å². The van der Waals surface area contributed by atoms with Gasteiger partial charge in [-0.05, 0) is 42.8 Å². The average Bonchev–Trinajstić information content (AvgIpc) is 2.83. The Morgan fingerprint density at radius 2 is 1.96 bits per heavy atom. The Morgan fingerprint density at radius 3 is 2.61 bits per heavy atom. The van der Waals surface area contributed by atoms with Gasteiger partial charge in [-0.15, -0.1) is 0 Å². The highest BCUT2D eigenvalue weighted by atomic mass is 35.5. The number of nitrogens with zero attached hydrogens (tertiary/aromatic N) is 3. The molecule has 0 atom stereocenters. The van der Waals surface area contributed by atoms with E-state index in [-0.39, 0.29) is 10.9 Å². The molecule has 3 rings (SSSR count). The molecule has 3 aromatic rings. The Bertz CT molecular complexity index is 888. The standard InChI is InChI=1S/C17H13Cl2N3O/c1-10-9-11(18)6-7-12(10)16(23)14-15(21-22(2)17(14)19)13-5-3-4-8-20-13/h3-9H,1-2H3. The van der Waals surface area contributed by atoms with E-state index < -0.39 is 0 Å². The minimum Gasteiger partial charge on any atom is -0.288 e. The van der Waals surface area contributed by atoms with Crippen LogP contribution >= 0.6 is 23.2 Å². The molecular weight excluding hydrogens is 333 g/mol. The summed E-state index contributed by atoms with van der Waals surface area (Å²) in [5, 5.41) is 5.22. The quantitative estimate of drug-likeness (QED) is 0.663. The zero-order chi connectivity index (χ0) is 16.6. The molecule has 116 valence electrons. The van der Waals surface area contributed by atoms with Crippen molar-refractivity contribution in [2.24, 2.45) is 7.05 Å². The van der Waals surface area contributed by atoms with Gasteiger partial charge in [0.2, 0.25) is 0 Å². The molecule has 4 nitrogen and oxygen atoms in total. The summed E-state index contributed by atoms with van der Waals surface area (Å²) in [7, 11) is 1.69. The van der Waals surface area contributed by atoms with Gasteiger partial charge in [0.15, 0.2) is 5.78 Å². The smallest absolute Gasteiger partial charge is 0.198 e. The Kier molecular flexibility index (Phi) is 4.20. The van der Waals surface area contributed by atoms with Gasteiger partial charge in [-0.25, -0.2) is 0 Å². The van der Waals surface area contributed by atoms with Crippen LogP contribution in [-0.4, -0.2) is 20.5 Å². The molecule has 2 aromatic heterocycles. The third-order valence-corrected chi connectivity index (χ3v) is 4.21. The van der Waals surface area contributed by atoms with E-state index >= 15 is 0 Å². The molecule has 0 N–H and O–H groups in total. The largest absolute Gasteiger partial charge is 0.288 e. The van der Waals surface area contributed by atoms with E-state index in [1.54, 1.807) is 43.6 Å². The maximum Gasteiger partial charge on any atom is 0.198 e. The van der Waals surface area contributed by atoms with Crippen LogP contribution in [-0.2, 0) is 7.05 Å². The minimum atomic E-state index is -0.196. The zero-order valence-electron chi connectivity index (χ0n) is 12.5. The maximum atomic E-state index is 13.0. The number of aromatic nitrogens is 3. The molecule has 0 radical (unpaired) electrons. The molecule has 0 bridgehead atoms. The van der Waals surface area contributed by atoms with Gasteiger partial charge in [0.05, 0.1) is 11.3 Å². The fourth-order valence-corrected chi connectivity index (χ4v) is 2.84. The Labute approximate surface area is 143 Å². The molecule has 0 aliphatic carbocycles. The first-order valence-electron chi connectivity index (χ1n) is 6.94. The van der Waals surface area contributed by atoms with Crippen molar-refractivity contribution in [3.8, 4) is 11.4 Å². The van der Waals surface area contributed by atoms with Crippen LogP contribution in [0.5, 0.6) is 0 Å². The van der Waals surface area contributed by atoms with Crippen LogP contribution in [0.3, 0.4) is 0 Å². The van der Waals surface area contributed by atoms with Crippen LogP contribution < -0.4 is 0 Å². The summed E-state index contributed by atoms with van der Waals surface area (Å²) in [5.74, 6) is -0.196. The molecule has 0 aliphatic heterocycles. The van der Waals surface area contributed by atoms with Crippen molar-refractivity contribution in [2.75, 3.05) is 0 Å². The number of aryl methyl sites for hydroxylation is 2. The normalized spacial score (nSPS) is 10.8. The summed E-state index contributed by atoms with van der Waals surface area (Å²) in [6, 6.07) is 10.6. The number of ketones is 1. The van der Waals surface area contributed by atoms with Crippen LogP contribution in [0.15, 0.2) is 42.6 Å². The maximum absolute atomic E-state index is 13.0. The fourth-order valence-electron chi connectivity index (χ4n) is 2.40. The highest BCUT2D eigenvalue weighted by Gasteiger charge is 2.25. The van der Waals surface area contributed by atoms with Crippen LogP contribution in [0.2, 0.25) is 10.2 Å². The molecule has 1 aromatic carbocycles. The number of carbonyl (C=O) groups is 1. The van der Waals surface area contributed by atoms with Gasteiger partial charge < -0.3 is 0 Å². The van der Waals surface area contributed by atoms with Crippen LogP contribution in [0.1, 0.15) is 21.5 Å². The van der Waals surface area contributed by atoms with Gasteiger partial charge in [0.25, 0.3) is 0 Å². The third kappa shape index (κ3) is 2.87. The Morgan fingerprint density at radius 1 is 1.17 bits per heavy atom. The summed E-state index contributed by atoms with van der Waals surface area (Å²) in [6.07, 6.45) is 1.65. The van der Waals surface area contributed by atoms with E-state index in [0.29, 0.717) is 27.5 Å². The van der Waals surface area contributed by atoms with E-state index in [2.05, 4.69) is 10.1 Å². The van der Waals surface area contributed by atoms with Gasteiger partial charge in [-0.1, -0.05) is 29.3 Å². The van der Waals surface area contributed by atoms with Crippen molar-refractivity contribution in [2.45, 2.75) is 6.92 Å². The molecule has 0 aliphatic rings. The summed E-state index contributed by atoms with van der Waals surface area (Å²) in [4.78, 5) is 17.3. The van der Waals surface area contributed by atoms with Crippen molar-refractivity contribution in [1.82, 2.24) is 14.8 Å². The lowest BCUT2D eigenvalue weighted by Gasteiger charge is -2.06. The van der Waals surface area contributed by atoms with Gasteiger partial charge in [0.1, 0.15) is 10.8 Å². The highest BCUT2D eigenvalue weighted by molar-refractivity contribution is 6.35. The number of halogens is 2. The second-order valence-electron chi connectivity index (χ2n) is 5.14. The molecule has 0 unspecified atom stereocenters. The molecule has 6 heteroatoms. The van der Waals surface area contributed by atoms with Crippen molar-refractivity contribution in [3.63, 3.8) is 0 Å². The van der Waals surface area contributed by atoms with Crippen molar-refractivity contribution in [3.05, 3.63) is 69.5 Å². The lowest BCUT2D eigenvalue weighted by molar-refractivity contribution is 0.103. The van der Waals surface area contributed by atoms with E-state index in [1.165, 1.54) is 4.68 Å². The van der Waals surface area contributed by atoms with Gasteiger partial charge >= 0.3 is 0 Å². The summed E-state index contributed by atoms with van der Waals surface area (Å²) in [6.45, 7) is 1.84. The fraction of sp³-hybridized carbons (Fsp3) is 0.118. The van der Waals surface area contributed by atoms with Gasteiger partial charge in [0, 0.05) is 23.8 Å². The van der Waals surface area contributed by atoms with Crippen molar-refractivity contribution in [1.29, 1.82) is 0 Å². The molecule has 2 heterocycles. The first-order chi connectivity index (χ1) is 11.0. The van der Waals surface area contributed by atoms with E-state index in [0.717, 1.165) is 5.56 Å². The number of hydrogen-bond acceptors (Lipinski definition) is 3. The van der Waals surface area contributed by atoms with Gasteiger partial charge in [-0.3, -0.25) is 14.5 Å². The Hall–Kier alpha value is -2.17. The summed E-state index contributed by atoms with van der Waals surface area (Å²) in [5.41, 5.74) is 2.75. The molecule has 0 saturated carbocycles. The average molecular weight is 346 g/mol. The first-order valence-corrected chi connectivity index (χ1v) is 7.69. The molecule has 23 heavy (non-hydrogen) atoms. The molecule has 0 saturated heterocycles. The number of rotatable bonds is 3. The SMILES string of the molecule is Cc1cc(Cl)ccc1C(=O)c1c(-c2ccccn2)nn(C)c1Cl. The summed E-state index contributed by atoms with van der Waals surface area (Å²) < 4.78 is 1.48. The topological polar surface area (TPSA) is 47.8 Å². The first kappa shape index (κ1) is 15.7. The van der Waals surface area contributed by atoms with E-state index in [1.807, 2.05) is 13.0 Å². The van der Waals surface area contributed by atoms with Crippen LogP contribution in [0, 0.1) is 6.92 Å². The van der Waals surface area contributed by atoms with Crippen molar-refractivity contribution < 1.29 is 4.79 Å². The zero-order valence-corrected chi connectivity index (χ0v) is 14.1. The minimum absolute atomic E-state index is 0.196. The third-order valence-electron chi connectivity index (χ3n) is 3.54. The lowest BCUT2D eigenvalue weighted by atomic mass is 9.98. The second kappa shape index (κ2) is 6.14. The highest BCUT2D eigenvalue weighted by Crippen LogP contribution is 2.30. The van der Waals surface area contributed by atoms with Crippen molar-refractivity contribution >= 4 is 29.0 Å². The molecule has 0 amide bonds. The number of pyridine rings is 1. The van der Waals surface area contributed by atoms with E-state index in [9.17, 15) is 4.79 Å². The number of hydrogen-bond donors (Lipinski definition) is 0. The van der Waals surface area contributed by atoms with Crippen LogP contribution in [0.4, 0.5) is 0 Å². The molecular formula is C17H13Cl2N3O. The Balaban J connectivity index is 2.18. The predicted octanol–water partition coefficient (Wildman–Crippen LogP) is 4.33. The molecule has 0 fully saturated rings. The predicted molar refractivity (Wildman–Crippen MR) is 91.1 cm³/mol. The van der Waals surface area contributed by atoms with Gasteiger partial charge in [-0.2, -0.15) is 5.10 Å².